The maximum atomic E-state index is 15.4. The van der Waals surface area contributed by atoms with Gasteiger partial charge in [-0.2, -0.15) is 15.5 Å². The first kappa shape index (κ1) is 35.0. The van der Waals surface area contributed by atoms with Crippen LogP contribution in [0.15, 0.2) is 49.3 Å². The van der Waals surface area contributed by atoms with Crippen LogP contribution in [0.25, 0.3) is 0 Å². The van der Waals surface area contributed by atoms with Crippen molar-refractivity contribution in [3.05, 3.63) is 66.5 Å². The van der Waals surface area contributed by atoms with Crippen molar-refractivity contribution < 1.29 is 36.4 Å². The molecule has 0 fully saturated rings. The Kier molecular flexibility index (Phi) is 14.6. The van der Waals surface area contributed by atoms with Crippen molar-refractivity contribution in [2.75, 3.05) is 19.8 Å². The number of esters is 1. The number of ether oxygens (including phenoxy) is 1. The third kappa shape index (κ3) is 11.5. The number of halogens is 2. The number of aromatic nitrogens is 5. The standard InChI is InChI=1S/C29H39F2N6O6P/c1-2-3-4-5-6-7-8-11-28(38)40-18-19-42-44(39,41-17-9-14-32)43-29(21-36-16-10-15-34-36,22-37-24-33-23-35-37)26-13-12-25(30)20-27(26)31/h10,12-13,15-16,20,23-24H,2-9,11,17-19,21-22H2,1H3. The van der Waals surface area contributed by atoms with Gasteiger partial charge in [0.25, 0.3) is 0 Å². The number of carbonyl (C=O) groups excluding carboxylic acids is 1. The molecule has 0 bridgehead atoms. The first-order valence-electron chi connectivity index (χ1n) is 14.7. The molecule has 0 aliphatic rings. The molecule has 3 aromatic rings. The number of carbonyl (C=O) groups is 1. The Morgan fingerprint density at radius 2 is 1.77 bits per heavy atom. The molecule has 240 valence electrons. The largest absolute Gasteiger partial charge is 0.475 e. The average molecular weight is 637 g/mol. The summed E-state index contributed by atoms with van der Waals surface area (Å²) in [7, 11) is -4.61. The quantitative estimate of drug-likeness (QED) is 0.0720. The van der Waals surface area contributed by atoms with Crippen LogP contribution < -0.4 is 0 Å². The summed E-state index contributed by atoms with van der Waals surface area (Å²) in [6.07, 6.45) is 13.1. The maximum absolute atomic E-state index is 15.4. The normalized spacial score (nSPS) is 14.0. The molecule has 0 radical (unpaired) electrons. The van der Waals surface area contributed by atoms with Gasteiger partial charge in [0.1, 0.15) is 36.5 Å². The molecular weight excluding hydrogens is 597 g/mol. The van der Waals surface area contributed by atoms with E-state index in [-0.39, 0.29) is 51.3 Å². The van der Waals surface area contributed by atoms with Crippen LogP contribution in [0.1, 0.15) is 70.3 Å². The Balaban J connectivity index is 1.77. The van der Waals surface area contributed by atoms with E-state index in [9.17, 15) is 13.8 Å². The Bertz CT molecular complexity index is 1320. The second-order valence-electron chi connectivity index (χ2n) is 10.1. The highest BCUT2D eigenvalue weighted by molar-refractivity contribution is 7.48. The predicted octanol–water partition coefficient (Wildman–Crippen LogP) is 6.10. The van der Waals surface area contributed by atoms with Crippen molar-refractivity contribution in [1.29, 1.82) is 5.26 Å². The van der Waals surface area contributed by atoms with Crippen LogP contribution in [0.2, 0.25) is 0 Å². The molecule has 12 nitrogen and oxygen atoms in total. The highest BCUT2D eigenvalue weighted by atomic mass is 31.2. The summed E-state index contributed by atoms with van der Waals surface area (Å²) in [5.74, 6) is -2.24. The first-order chi connectivity index (χ1) is 21.3. The summed E-state index contributed by atoms with van der Waals surface area (Å²) in [5.41, 5.74) is -2.08. The molecule has 0 spiro atoms. The summed E-state index contributed by atoms with van der Waals surface area (Å²) < 4.78 is 68.5. The van der Waals surface area contributed by atoms with E-state index >= 15 is 4.39 Å². The Labute approximate surface area is 255 Å². The minimum Gasteiger partial charge on any atom is -0.463 e. The molecule has 0 amide bonds. The number of hydrogen-bond acceptors (Lipinski definition) is 10. The molecule has 3 rings (SSSR count). The van der Waals surface area contributed by atoms with Gasteiger partial charge in [-0.25, -0.2) is 23.0 Å². The zero-order valence-corrected chi connectivity index (χ0v) is 25.7. The molecule has 1 aromatic carbocycles. The predicted molar refractivity (Wildman–Crippen MR) is 155 cm³/mol. The van der Waals surface area contributed by atoms with Gasteiger partial charge in [0.15, 0.2) is 0 Å². The number of benzene rings is 1. The lowest BCUT2D eigenvalue weighted by Crippen LogP contribution is -2.40. The van der Waals surface area contributed by atoms with Gasteiger partial charge in [-0.15, -0.1) is 0 Å². The highest BCUT2D eigenvalue weighted by Gasteiger charge is 2.46. The van der Waals surface area contributed by atoms with E-state index < -0.39 is 31.0 Å². The summed E-state index contributed by atoms with van der Waals surface area (Å²) >= 11 is 0. The fourth-order valence-electron chi connectivity index (χ4n) is 4.53. The second kappa shape index (κ2) is 18.3. The van der Waals surface area contributed by atoms with Gasteiger partial charge < -0.3 is 4.74 Å². The number of nitriles is 1. The molecular formula is C29H39F2N6O6P. The van der Waals surface area contributed by atoms with Crippen LogP contribution in [-0.4, -0.2) is 50.3 Å². The fraction of sp³-hybridized carbons (Fsp3) is 0.552. The van der Waals surface area contributed by atoms with E-state index in [0.29, 0.717) is 12.5 Å². The van der Waals surface area contributed by atoms with Gasteiger partial charge in [0.2, 0.25) is 0 Å². The van der Waals surface area contributed by atoms with Crippen LogP contribution in [0.4, 0.5) is 8.78 Å². The second-order valence-corrected chi connectivity index (χ2v) is 11.7. The average Bonchev–Trinajstić information content (AvgIpc) is 3.69. The van der Waals surface area contributed by atoms with Gasteiger partial charge >= 0.3 is 13.8 Å². The summed E-state index contributed by atoms with van der Waals surface area (Å²) in [4.78, 5) is 16.1. The van der Waals surface area contributed by atoms with Gasteiger partial charge in [0.05, 0.1) is 38.8 Å². The van der Waals surface area contributed by atoms with Crippen LogP contribution in [0.3, 0.4) is 0 Å². The molecule has 15 heteroatoms. The van der Waals surface area contributed by atoms with E-state index in [0.717, 1.165) is 31.4 Å². The summed E-state index contributed by atoms with van der Waals surface area (Å²) in [6, 6.07) is 6.38. The zero-order valence-electron chi connectivity index (χ0n) is 24.9. The number of phosphoric ester groups is 1. The van der Waals surface area contributed by atoms with Gasteiger partial charge in [-0.3, -0.25) is 23.0 Å². The monoisotopic (exact) mass is 636 g/mol. The van der Waals surface area contributed by atoms with Crippen molar-refractivity contribution >= 4 is 13.8 Å². The lowest BCUT2D eigenvalue weighted by Gasteiger charge is -2.36. The van der Waals surface area contributed by atoms with E-state index in [2.05, 4.69) is 22.1 Å². The topological polar surface area (TPSA) is 143 Å². The number of rotatable bonds is 22. The van der Waals surface area contributed by atoms with Crippen LogP contribution >= 0.6 is 7.82 Å². The van der Waals surface area contributed by atoms with Crippen LogP contribution in [0.5, 0.6) is 0 Å². The number of unbranched alkanes of at least 4 members (excludes halogenated alkanes) is 6. The number of nitrogens with zero attached hydrogens (tertiary/aromatic N) is 6. The molecule has 44 heavy (non-hydrogen) atoms. The molecule has 0 N–H and O–H groups in total. The van der Waals surface area contributed by atoms with Crippen molar-refractivity contribution in [2.45, 2.75) is 83.4 Å². The molecule has 0 saturated carbocycles. The highest BCUT2D eigenvalue weighted by Crippen LogP contribution is 2.56. The minimum atomic E-state index is -4.61. The molecule has 0 aliphatic carbocycles. The summed E-state index contributed by atoms with van der Waals surface area (Å²) in [5, 5.41) is 17.3. The minimum absolute atomic E-state index is 0.149. The van der Waals surface area contributed by atoms with E-state index in [1.54, 1.807) is 12.3 Å². The van der Waals surface area contributed by atoms with Crippen LogP contribution in [-0.2, 0) is 46.4 Å². The third-order valence-corrected chi connectivity index (χ3v) is 8.18. The lowest BCUT2D eigenvalue weighted by atomic mass is 9.93. The van der Waals surface area contributed by atoms with Crippen molar-refractivity contribution in [3.63, 3.8) is 0 Å². The van der Waals surface area contributed by atoms with E-state index in [1.807, 2.05) is 6.07 Å². The summed E-state index contributed by atoms with van der Waals surface area (Å²) in [6.45, 7) is 0.705. The Hall–Kier alpha value is -3.50. The lowest BCUT2D eigenvalue weighted by molar-refractivity contribution is -0.144. The van der Waals surface area contributed by atoms with Crippen LogP contribution in [0, 0.1) is 23.0 Å². The van der Waals surface area contributed by atoms with Crippen molar-refractivity contribution in [2.24, 2.45) is 0 Å². The Morgan fingerprint density at radius 3 is 2.45 bits per heavy atom. The van der Waals surface area contributed by atoms with Gasteiger partial charge in [0, 0.05) is 30.4 Å². The Morgan fingerprint density at radius 1 is 1.02 bits per heavy atom. The molecule has 2 atom stereocenters. The number of phosphoric acid groups is 1. The van der Waals surface area contributed by atoms with E-state index in [4.69, 9.17) is 23.6 Å². The van der Waals surface area contributed by atoms with Crippen molar-refractivity contribution in [1.82, 2.24) is 24.5 Å². The molecule has 2 aromatic heterocycles. The van der Waals surface area contributed by atoms with Crippen molar-refractivity contribution in [3.8, 4) is 6.07 Å². The molecule has 0 aliphatic heterocycles. The number of hydrogen-bond donors (Lipinski definition) is 0. The molecule has 2 heterocycles. The fourth-order valence-corrected chi connectivity index (χ4v) is 5.96. The maximum Gasteiger partial charge on any atom is 0.475 e. The molecule has 2 unspecified atom stereocenters. The first-order valence-corrected chi connectivity index (χ1v) is 16.1. The third-order valence-electron chi connectivity index (χ3n) is 6.61. The zero-order chi connectivity index (χ0) is 31.7. The SMILES string of the molecule is CCCCCCCCCC(=O)OCCOP(=O)(OCCC#N)OC(Cn1cccn1)(Cn1cncn1)c1ccc(F)cc1F. The molecule has 0 saturated heterocycles. The smallest absolute Gasteiger partial charge is 0.463 e. The van der Waals surface area contributed by atoms with Gasteiger partial charge in [-0.05, 0) is 18.6 Å². The van der Waals surface area contributed by atoms with E-state index in [1.165, 1.54) is 47.5 Å². The van der Waals surface area contributed by atoms with Gasteiger partial charge in [-0.1, -0.05) is 51.5 Å².